The van der Waals surface area contributed by atoms with Crippen LogP contribution in [0.3, 0.4) is 0 Å². The topological polar surface area (TPSA) is 38.0 Å². The lowest BCUT2D eigenvalue weighted by molar-refractivity contribution is -0.540. The van der Waals surface area contributed by atoms with Crippen LogP contribution >= 0.6 is 0 Å². The second-order valence-electron chi connectivity index (χ2n) is 8.10. The average Bonchev–Trinajstić information content (AvgIpc) is 2.82. The smallest absolute Gasteiger partial charge is 0.169 e. The summed E-state index contributed by atoms with van der Waals surface area (Å²) in [5, 5.41) is 10.1. The van der Waals surface area contributed by atoms with Gasteiger partial charge in [-0.2, -0.15) is 0 Å². The van der Waals surface area contributed by atoms with Crippen molar-refractivity contribution in [3.63, 3.8) is 0 Å². The molecule has 0 fully saturated rings. The number of fused-ring (bicyclic) bond motifs is 2. The van der Waals surface area contributed by atoms with Crippen molar-refractivity contribution in [3.8, 4) is 0 Å². The van der Waals surface area contributed by atoms with Gasteiger partial charge in [0.2, 0.25) is 0 Å². The highest BCUT2D eigenvalue weighted by Gasteiger charge is 2.35. The molecule has 1 unspecified atom stereocenters. The van der Waals surface area contributed by atoms with Gasteiger partial charge in [0.1, 0.15) is 0 Å². The van der Waals surface area contributed by atoms with Crippen molar-refractivity contribution >= 4 is 28.4 Å². The Bertz CT molecular complexity index is 1090. The fourth-order valence-electron chi connectivity index (χ4n) is 4.19. The van der Waals surface area contributed by atoms with Crippen molar-refractivity contribution in [2.24, 2.45) is 0 Å². The van der Waals surface area contributed by atoms with Gasteiger partial charge in [-0.1, -0.05) is 54.6 Å². The minimum atomic E-state index is 0. The van der Waals surface area contributed by atoms with Crippen molar-refractivity contribution in [3.05, 3.63) is 83.6 Å². The Labute approximate surface area is 183 Å². The van der Waals surface area contributed by atoms with E-state index in [0.717, 1.165) is 17.8 Å². The number of hydrogen-bond acceptors (Lipinski definition) is 2. The Hall–Kier alpha value is -2.34. The molecule has 2 aliphatic heterocycles. The highest BCUT2D eigenvalue weighted by Crippen LogP contribution is 2.39. The number of hydrogen-bond donors (Lipinski definition) is 3. The molecule has 2 heterocycles. The van der Waals surface area contributed by atoms with E-state index in [9.17, 15) is 0 Å². The Morgan fingerprint density at radius 1 is 0.893 bits per heavy atom. The van der Waals surface area contributed by atoms with Gasteiger partial charge in [0.25, 0.3) is 0 Å². The lowest BCUT2D eigenvalue weighted by Crippen LogP contribution is -3.00. The molecule has 28 heavy (non-hydrogen) atoms. The summed E-state index contributed by atoms with van der Waals surface area (Å²) in [6.07, 6.45) is 3.15. The predicted molar refractivity (Wildman–Crippen MR) is 113 cm³/mol. The van der Waals surface area contributed by atoms with Crippen LogP contribution < -0.4 is 39.6 Å². The SMILES string of the molecule is CC1(C)CC2=C(C=[NH+]1)C(c1cccc3ccccc13)Nc1ccccc1N2.[I-]. The Balaban J connectivity index is 0.00000192. The second-order valence-corrected chi connectivity index (χ2v) is 8.10. The minimum Gasteiger partial charge on any atom is -1.00 e. The molecular weight excluding hydrogens is 457 g/mol. The molecule has 4 heteroatoms. The Morgan fingerprint density at radius 2 is 1.61 bits per heavy atom. The maximum atomic E-state index is 3.80. The van der Waals surface area contributed by atoms with Crippen molar-refractivity contribution in [2.45, 2.75) is 31.8 Å². The maximum Gasteiger partial charge on any atom is 0.169 e. The van der Waals surface area contributed by atoms with Gasteiger partial charge in [0, 0.05) is 19.5 Å². The minimum absolute atomic E-state index is 0. The fourth-order valence-corrected chi connectivity index (χ4v) is 4.19. The third-order valence-electron chi connectivity index (χ3n) is 5.54. The summed E-state index contributed by atoms with van der Waals surface area (Å²) in [7, 11) is 0. The normalized spacial score (nSPS) is 19.6. The highest BCUT2D eigenvalue weighted by atomic mass is 127. The first-order valence-electron chi connectivity index (χ1n) is 9.55. The van der Waals surface area contributed by atoms with Crippen LogP contribution in [0.1, 0.15) is 31.9 Å². The van der Waals surface area contributed by atoms with Gasteiger partial charge >= 0.3 is 0 Å². The first-order chi connectivity index (χ1) is 13.1. The summed E-state index contributed by atoms with van der Waals surface area (Å²) < 4.78 is 0. The second kappa shape index (κ2) is 7.24. The number of nitrogens with one attached hydrogen (secondary N) is 3. The van der Waals surface area contributed by atoms with Crippen LogP contribution in [0.25, 0.3) is 10.8 Å². The first-order valence-corrected chi connectivity index (χ1v) is 9.55. The first kappa shape index (κ1) is 19.0. The van der Waals surface area contributed by atoms with E-state index in [0.29, 0.717) is 0 Å². The van der Waals surface area contributed by atoms with Crippen LogP contribution in [-0.4, -0.2) is 11.8 Å². The third kappa shape index (κ3) is 3.30. The van der Waals surface area contributed by atoms with Crippen molar-refractivity contribution in [1.82, 2.24) is 0 Å². The molecular formula is C24H24IN3. The van der Waals surface area contributed by atoms with E-state index >= 15 is 0 Å². The van der Waals surface area contributed by atoms with E-state index in [2.05, 4.69) is 102 Å². The van der Waals surface area contributed by atoms with Gasteiger partial charge in [-0.25, -0.2) is 4.99 Å². The van der Waals surface area contributed by atoms with Crippen LogP contribution in [0, 0.1) is 0 Å². The molecule has 2 aliphatic rings. The molecule has 0 aromatic heterocycles. The molecule has 3 N–H and O–H groups in total. The molecule has 1 atom stereocenters. The van der Waals surface area contributed by atoms with E-state index in [1.54, 1.807) is 0 Å². The monoisotopic (exact) mass is 481 g/mol. The summed E-state index contributed by atoms with van der Waals surface area (Å²) in [4.78, 5) is 3.60. The average molecular weight is 481 g/mol. The largest absolute Gasteiger partial charge is 1.00 e. The van der Waals surface area contributed by atoms with E-state index in [-0.39, 0.29) is 35.6 Å². The van der Waals surface area contributed by atoms with E-state index in [4.69, 9.17) is 0 Å². The molecule has 0 bridgehead atoms. The number of para-hydroxylation sites is 2. The van der Waals surface area contributed by atoms with Gasteiger partial charge in [-0.15, -0.1) is 0 Å². The number of rotatable bonds is 1. The number of benzene rings is 3. The highest BCUT2D eigenvalue weighted by molar-refractivity contribution is 5.91. The quantitative estimate of drug-likeness (QED) is 0.455. The fraction of sp³-hybridized carbons (Fsp3) is 0.208. The standard InChI is InChI=1S/C24H23N3.HI/c1-24(2)14-22-19(15-25-24)23(27-21-13-6-5-12-20(21)26-22)18-11-7-9-16-8-3-4-10-17(16)18;/h3-13,15,23,26-27H,14H2,1-2H3;1H. The molecule has 0 saturated heterocycles. The van der Waals surface area contributed by atoms with Gasteiger partial charge in [-0.05, 0) is 28.5 Å². The van der Waals surface area contributed by atoms with Gasteiger partial charge in [-0.3, -0.25) is 0 Å². The lowest BCUT2D eigenvalue weighted by atomic mass is 9.87. The van der Waals surface area contributed by atoms with Crippen LogP contribution in [0.15, 0.2) is 78.0 Å². The van der Waals surface area contributed by atoms with Gasteiger partial charge < -0.3 is 34.6 Å². The molecule has 3 aromatic rings. The van der Waals surface area contributed by atoms with Crippen molar-refractivity contribution in [2.75, 3.05) is 10.6 Å². The Morgan fingerprint density at radius 3 is 2.46 bits per heavy atom. The predicted octanol–water partition coefficient (Wildman–Crippen LogP) is 1.01. The van der Waals surface area contributed by atoms with Crippen molar-refractivity contribution < 1.29 is 29.0 Å². The van der Waals surface area contributed by atoms with E-state index in [1.165, 1.54) is 27.6 Å². The molecule has 0 aliphatic carbocycles. The number of halogens is 1. The van der Waals surface area contributed by atoms with Crippen molar-refractivity contribution in [1.29, 1.82) is 0 Å². The van der Waals surface area contributed by atoms with Gasteiger partial charge in [0.15, 0.2) is 11.8 Å². The third-order valence-corrected chi connectivity index (χ3v) is 5.54. The van der Waals surface area contributed by atoms with Crippen LogP contribution in [0.5, 0.6) is 0 Å². The lowest BCUT2D eigenvalue weighted by Gasteiger charge is -2.26. The molecule has 0 amide bonds. The molecule has 142 valence electrons. The molecule has 0 radical (unpaired) electrons. The zero-order valence-electron chi connectivity index (χ0n) is 16.1. The summed E-state index contributed by atoms with van der Waals surface area (Å²) in [6.45, 7) is 4.48. The molecule has 5 rings (SSSR count). The summed E-state index contributed by atoms with van der Waals surface area (Å²) in [5.74, 6) is 0. The summed E-state index contributed by atoms with van der Waals surface area (Å²) in [6, 6.07) is 23.8. The van der Waals surface area contributed by atoms with Crippen LogP contribution in [0.4, 0.5) is 11.4 Å². The molecule has 3 nitrogen and oxygen atoms in total. The van der Waals surface area contributed by atoms with Gasteiger partial charge in [0.05, 0.1) is 29.4 Å². The van der Waals surface area contributed by atoms with E-state index < -0.39 is 0 Å². The number of anilines is 2. The zero-order chi connectivity index (χ0) is 18.4. The van der Waals surface area contributed by atoms with E-state index in [1.807, 2.05) is 0 Å². The zero-order valence-corrected chi connectivity index (χ0v) is 18.2. The molecule has 0 saturated carbocycles. The maximum absolute atomic E-state index is 3.80. The summed E-state index contributed by atoms with van der Waals surface area (Å²) in [5.41, 5.74) is 6.18. The van der Waals surface area contributed by atoms with Crippen LogP contribution in [-0.2, 0) is 0 Å². The molecule has 0 spiro atoms. The van der Waals surface area contributed by atoms with Crippen LogP contribution in [0.2, 0.25) is 0 Å². The molecule has 3 aromatic carbocycles. The summed E-state index contributed by atoms with van der Waals surface area (Å²) >= 11 is 0. The Kier molecular flexibility index (Phi) is 4.91.